The smallest absolute Gasteiger partial charge is 0.257 e. The largest absolute Gasteiger partial charge is 0.397 e. The summed E-state index contributed by atoms with van der Waals surface area (Å²) in [6, 6.07) is 17.3. The molecule has 0 spiro atoms. The van der Waals surface area contributed by atoms with Crippen molar-refractivity contribution in [1.29, 1.82) is 0 Å². The molecule has 0 saturated heterocycles. The van der Waals surface area contributed by atoms with Crippen molar-refractivity contribution in [3.8, 4) is 0 Å². The fourth-order valence-electron chi connectivity index (χ4n) is 3.74. The summed E-state index contributed by atoms with van der Waals surface area (Å²) in [7, 11) is 0. The molecule has 0 aromatic heterocycles. The molecule has 0 atom stereocenters. The highest BCUT2D eigenvalue weighted by Gasteiger charge is 2.32. The number of aryl methyl sites for hydroxylation is 1. The highest BCUT2D eigenvalue weighted by molar-refractivity contribution is 6.31. The fraction of sp³-hybridized carbons (Fsp3) is 0.160. The summed E-state index contributed by atoms with van der Waals surface area (Å²) < 4.78 is 0. The number of hydrogen-bond acceptors (Lipinski definition) is 4. The number of carbonyl (C=O) groups excluding carboxylic acids is 3. The van der Waals surface area contributed by atoms with Gasteiger partial charge in [0.1, 0.15) is 0 Å². The Morgan fingerprint density at radius 3 is 2.20 bits per heavy atom. The highest BCUT2D eigenvalue weighted by Crippen LogP contribution is 2.33. The van der Waals surface area contributed by atoms with Gasteiger partial charge in [0.15, 0.2) is 11.6 Å². The Labute approximate surface area is 174 Å². The molecule has 30 heavy (non-hydrogen) atoms. The number of ketones is 2. The predicted molar refractivity (Wildman–Crippen MR) is 117 cm³/mol. The van der Waals surface area contributed by atoms with Crippen LogP contribution < -0.4 is 11.1 Å². The van der Waals surface area contributed by atoms with Gasteiger partial charge in [-0.05, 0) is 42.7 Å². The summed E-state index contributed by atoms with van der Waals surface area (Å²) in [4.78, 5) is 38.6. The summed E-state index contributed by atoms with van der Waals surface area (Å²) >= 11 is 0. The van der Waals surface area contributed by atoms with Crippen LogP contribution in [0.4, 0.5) is 11.4 Å². The van der Waals surface area contributed by atoms with Gasteiger partial charge in [-0.2, -0.15) is 0 Å². The van der Waals surface area contributed by atoms with Gasteiger partial charge in [0, 0.05) is 22.4 Å². The number of anilines is 2. The minimum atomic E-state index is -0.421. The van der Waals surface area contributed by atoms with Crippen LogP contribution in [0.1, 0.15) is 67.5 Å². The summed E-state index contributed by atoms with van der Waals surface area (Å²) in [6.45, 7) is 2.15. The molecule has 1 aliphatic carbocycles. The van der Waals surface area contributed by atoms with Crippen molar-refractivity contribution in [2.24, 2.45) is 0 Å². The van der Waals surface area contributed by atoms with Crippen LogP contribution in [0, 0.1) is 0 Å². The Kier molecular flexibility index (Phi) is 5.19. The minimum absolute atomic E-state index is 0.0254. The van der Waals surface area contributed by atoms with Gasteiger partial charge in [-0.25, -0.2) is 0 Å². The number of carbonyl (C=O) groups is 3. The molecule has 3 aromatic carbocycles. The number of nitrogens with one attached hydrogen (secondary N) is 1. The first kappa shape index (κ1) is 19.6. The topological polar surface area (TPSA) is 89.3 Å². The second kappa shape index (κ2) is 7.95. The summed E-state index contributed by atoms with van der Waals surface area (Å²) in [5, 5.41) is 2.82. The van der Waals surface area contributed by atoms with Gasteiger partial charge in [-0.1, -0.05) is 49.7 Å². The Morgan fingerprint density at radius 2 is 1.53 bits per heavy atom. The first-order chi connectivity index (χ1) is 14.5. The zero-order valence-electron chi connectivity index (χ0n) is 16.7. The van der Waals surface area contributed by atoms with Gasteiger partial charge in [0.25, 0.3) is 5.91 Å². The van der Waals surface area contributed by atoms with Crippen LogP contribution in [0.15, 0.2) is 60.7 Å². The van der Waals surface area contributed by atoms with E-state index in [0.717, 1.165) is 19.3 Å². The lowest BCUT2D eigenvalue weighted by molar-refractivity contribution is 0.0978. The maximum atomic E-state index is 13.0. The van der Waals surface area contributed by atoms with E-state index < -0.39 is 5.91 Å². The van der Waals surface area contributed by atoms with Gasteiger partial charge in [-0.3, -0.25) is 14.4 Å². The number of rotatable bonds is 5. The highest BCUT2D eigenvalue weighted by atomic mass is 16.2. The molecular weight excluding hydrogens is 376 g/mol. The van der Waals surface area contributed by atoms with E-state index in [2.05, 4.69) is 12.2 Å². The van der Waals surface area contributed by atoms with E-state index in [9.17, 15) is 14.4 Å². The number of nitrogens with two attached hydrogens (primary N) is 1. The molecule has 0 aliphatic heterocycles. The van der Waals surface area contributed by atoms with E-state index in [0.29, 0.717) is 16.8 Å². The fourth-order valence-corrected chi connectivity index (χ4v) is 3.74. The Hall–Kier alpha value is -3.73. The number of nitrogen functional groups attached to an aromatic ring is 1. The zero-order chi connectivity index (χ0) is 21.3. The number of benzene rings is 3. The van der Waals surface area contributed by atoms with Crippen LogP contribution in [-0.2, 0) is 6.42 Å². The van der Waals surface area contributed by atoms with Gasteiger partial charge in [0.05, 0.1) is 16.8 Å². The van der Waals surface area contributed by atoms with Crippen LogP contribution in [0.5, 0.6) is 0 Å². The lowest BCUT2D eigenvalue weighted by Gasteiger charge is -2.20. The third kappa shape index (κ3) is 3.39. The number of unbranched alkanes of at least 4 members (excludes halogenated alkanes) is 1. The van der Waals surface area contributed by atoms with E-state index in [4.69, 9.17) is 5.73 Å². The third-order valence-corrected chi connectivity index (χ3v) is 5.41. The maximum Gasteiger partial charge on any atom is 0.257 e. The Bertz CT molecular complexity index is 1160. The van der Waals surface area contributed by atoms with Crippen molar-refractivity contribution in [2.75, 3.05) is 11.1 Å². The van der Waals surface area contributed by atoms with E-state index in [1.165, 1.54) is 17.7 Å². The maximum absolute atomic E-state index is 13.0. The van der Waals surface area contributed by atoms with E-state index in [1.54, 1.807) is 24.3 Å². The molecule has 3 N–H and O–H groups in total. The Balaban J connectivity index is 1.62. The van der Waals surface area contributed by atoms with Crippen LogP contribution in [0.3, 0.4) is 0 Å². The molecule has 0 bridgehead atoms. The van der Waals surface area contributed by atoms with Crippen molar-refractivity contribution in [2.45, 2.75) is 26.2 Å². The third-order valence-electron chi connectivity index (χ3n) is 5.41. The molecule has 0 radical (unpaired) electrons. The van der Waals surface area contributed by atoms with Crippen molar-refractivity contribution >= 4 is 28.8 Å². The molecule has 0 fully saturated rings. The molecule has 0 heterocycles. The molecule has 1 amide bonds. The van der Waals surface area contributed by atoms with E-state index in [-0.39, 0.29) is 33.9 Å². The lowest BCUT2D eigenvalue weighted by Crippen LogP contribution is -2.24. The van der Waals surface area contributed by atoms with Crippen molar-refractivity contribution in [1.82, 2.24) is 0 Å². The number of fused-ring (bicyclic) bond motifs is 2. The number of amides is 1. The first-order valence-electron chi connectivity index (χ1n) is 10.0. The van der Waals surface area contributed by atoms with Crippen LogP contribution in [0.2, 0.25) is 0 Å². The Morgan fingerprint density at radius 1 is 0.867 bits per heavy atom. The average Bonchev–Trinajstić information content (AvgIpc) is 2.76. The van der Waals surface area contributed by atoms with Crippen molar-refractivity contribution in [3.63, 3.8) is 0 Å². The normalized spacial score (nSPS) is 12.3. The summed E-state index contributed by atoms with van der Waals surface area (Å²) in [5.41, 5.74) is 9.26. The second-order valence-corrected chi connectivity index (χ2v) is 7.41. The average molecular weight is 398 g/mol. The molecule has 3 aromatic rings. The molecule has 1 aliphatic rings. The SMILES string of the molecule is CCCCc1ccc(NC(=O)c2ccc3c(c2N)C(=O)c2ccccc2C3=O)cc1. The van der Waals surface area contributed by atoms with Gasteiger partial charge in [0.2, 0.25) is 0 Å². The zero-order valence-corrected chi connectivity index (χ0v) is 16.7. The van der Waals surface area contributed by atoms with Crippen molar-refractivity contribution in [3.05, 3.63) is 94.0 Å². The molecule has 5 heteroatoms. The molecule has 150 valence electrons. The summed E-state index contributed by atoms with van der Waals surface area (Å²) in [6.07, 6.45) is 3.25. The second-order valence-electron chi connectivity index (χ2n) is 7.41. The molecular formula is C25H22N2O3. The van der Waals surface area contributed by atoms with Gasteiger partial charge in [-0.15, -0.1) is 0 Å². The summed E-state index contributed by atoms with van der Waals surface area (Å²) in [5.74, 6) is -1.02. The first-order valence-corrected chi connectivity index (χ1v) is 10.0. The molecule has 5 nitrogen and oxygen atoms in total. The molecule has 0 saturated carbocycles. The van der Waals surface area contributed by atoms with Crippen LogP contribution >= 0.6 is 0 Å². The quantitative estimate of drug-likeness (QED) is 0.479. The number of hydrogen-bond donors (Lipinski definition) is 2. The van der Waals surface area contributed by atoms with Crippen LogP contribution in [-0.4, -0.2) is 17.5 Å². The monoisotopic (exact) mass is 398 g/mol. The predicted octanol–water partition coefficient (Wildman–Crippen LogP) is 4.64. The standard InChI is InChI=1S/C25H22N2O3/c1-2-3-6-15-9-11-16(12-10-15)27-25(30)20-14-13-19-21(22(20)26)24(29)18-8-5-4-7-17(18)23(19)28/h4-5,7-14H,2-3,6,26H2,1H3,(H,27,30). The van der Waals surface area contributed by atoms with Crippen molar-refractivity contribution < 1.29 is 14.4 Å². The van der Waals surface area contributed by atoms with E-state index in [1.807, 2.05) is 24.3 Å². The van der Waals surface area contributed by atoms with Gasteiger partial charge < -0.3 is 11.1 Å². The molecule has 4 rings (SSSR count). The van der Waals surface area contributed by atoms with E-state index >= 15 is 0 Å². The minimum Gasteiger partial charge on any atom is -0.397 e. The molecule has 0 unspecified atom stereocenters. The lowest BCUT2D eigenvalue weighted by atomic mass is 9.82. The van der Waals surface area contributed by atoms with Crippen LogP contribution in [0.25, 0.3) is 0 Å². The van der Waals surface area contributed by atoms with Gasteiger partial charge >= 0.3 is 0 Å².